The van der Waals surface area contributed by atoms with Gasteiger partial charge in [-0.15, -0.1) is 0 Å². The third-order valence-corrected chi connectivity index (χ3v) is 2.01. The van der Waals surface area contributed by atoms with E-state index in [0.29, 0.717) is 25.4 Å². The molecule has 5 nitrogen and oxygen atoms in total. The van der Waals surface area contributed by atoms with Crippen molar-refractivity contribution in [2.75, 3.05) is 31.7 Å². The molecule has 18 heavy (non-hydrogen) atoms. The normalized spacial score (nSPS) is 10.2. The number of amides is 1. The summed E-state index contributed by atoms with van der Waals surface area (Å²) in [7, 11) is 0. The zero-order valence-corrected chi connectivity index (χ0v) is 10.2. The minimum absolute atomic E-state index is 0.105. The van der Waals surface area contributed by atoms with Gasteiger partial charge in [0, 0.05) is 18.3 Å². The van der Waals surface area contributed by atoms with Gasteiger partial charge in [0.2, 0.25) is 5.91 Å². The van der Waals surface area contributed by atoms with E-state index >= 15 is 0 Å². The summed E-state index contributed by atoms with van der Waals surface area (Å²) in [4.78, 5) is 11.4. The van der Waals surface area contributed by atoms with Crippen LogP contribution in [0.15, 0.2) is 18.2 Å². The Hall–Kier alpha value is -1.66. The molecule has 0 spiro atoms. The van der Waals surface area contributed by atoms with Crippen molar-refractivity contribution in [3.63, 3.8) is 0 Å². The molecular formula is C12H17FN2O3. The van der Waals surface area contributed by atoms with Crippen LogP contribution in [0.2, 0.25) is 0 Å². The molecule has 100 valence electrons. The van der Waals surface area contributed by atoms with Crippen LogP contribution in [0.3, 0.4) is 0 Å². The highest BCUT2D eigenvalue weighted by molar-refractivity contribution is 5.91. The first-order valence-corrected chi connectivity index (χ1v) is 5.67. The zero-order valence-electron chi connectivity index (χ0n) is 10.2. The first kappa shape index (κ1) is 14.4. The number of anilines is 1. The number of halogens is 1. The molecular weight excluding hydrogens is 239 g/mol. The average molecular weight is 256 g/mol. The van der Waals surface area contributed by atoms with Crippen LogP contribution in [-0.4, -0.2) is 32.3 Å². The van der Waals surface area contributed by atoms with Gasteiger partial charge in [-0.1, -0.05) is 0 Å². The number of rotatable bonds is 7. The summed E-state index contributed by atoms with van der Waals surface area (Å²) in [5, 5.41) is 2.51. The fourth-order valence-electron chi connectivity index (χ4n) is 1.30. The molecule has 0 aromatic heterocycles. The van der Waals surface area contributed by atoms with Crippen LogP contribution in [-0.2, 0) is 9.53 Å². The molecule has 0 radical (unpaired) electrons. The third-order valence-electron chi connectivity index (χ3n) is 2.01. The van der Waals surface area contributed by atoms with Gasteiger partial charge in [-0.05, 0) is 19.1 Å². The van der Waals surface area contributed by atoms with Gasteiger partial charge >= 0.3 is 0 Å². The second kappa shape index (κ2) is 7.62. The maximum Gasteiger partial charge on any atom is 0.250 e. The standard InChI is InChI=1S/C12H17FN2O3/c1-2-18-11-4-3-9(7-10(11)13)15-12(16)8-17-6-5-14/h3-4,7H,2,5-6,8,14H2,1H3,(H,15,16). The lowest BCUT2D eigenvalue weighted by molar-refractivity contribution is -0.120. The first-order valence-electron chi connectivity index (χ1n) is 5.67. The van der Waals surface area contributed by atoms with Gasteiger partial charge in [-0.25, -0.2) is 4.39 Å². The van der Waals surface area contributed by atoms with Crippen LogP contribution < -0.4 is 15.8 Å². The minimum Gasteiger partial charge on any atom is -0.491 e. The molecule has 3 N–H and O–H groups in total. The number of nitrogens with one attached hydrogen (secondary N) is 1. The van der Waals surface area contributed by atoms with E-state index in [-0.39, 0.29) is 18.3 Å². The molecule has 1 amide bonds. The van der Waals surface area contributed by atoms with Crippen molar-refractivity contribution in [2.45, 2.75) is 6.92 Å². The van der Waals surface area contributed by atoms with Crippen molar-refractivity contribution in [3.05, 3.63) is 24.0 Å². The molecule has 0 saturated heterocycles. The van der Waals surface area contributed by atoms with Crippen molar-refractivity contribution in [3.8, 4) is 5.75 Å². The maximum atomic E-state index is 13.5. The van der Waals surface area contributed by atoms with Gasteiger partial charge < -0.3 is 20.5 Å². The Bertz CT molecular complexity index is 399. The predicted molar refractivity (Wildman–Crippen MR) is 66.1 cm³/mol. The number of benzene rings is 1. The Morgan fingerprint density at radius 2 is 2.28 bits per heavy atom. The largest absolute Gasteiger partial charge is 0.491 e. The van der Waals surface area contributed by atoms with Crippen LogP contribution in [0.1, 0.15) is 6.92 Å². The summed E-state index contributed by atoms with van der Waals surface area (Å²) in [5.41, 5.74) is 5.57. The van der Waals surface area contributed by atoms with Crippen LogP contribution in [0, 0.1) is 5.82 Å². The number of hydrogen-bond acceptors (Lipinski definition) is 4. The van der Waals surface area contributed by atoms with Crippen LogP contribution in [0.4, 0.5) is 10.1 Å². The van der Waals surface area contributed by atoms with E-state index in [1.165, 1.54) is 12.1 Å². The molecule has 0 aliphatic rings. The fourth-order valence-corrected chi connectivity index (χ4v) is 1.30. The van der Waals surface area contributed by atoms with Crippen molar-refractivity contribution in [2.24, 2.45) is 5.73 Å². The van der Waals surface area contributed by atoms with Crippen LogP contribution in [0.5, 0.6) is 5.75 Å². The number of nitrogens with two attached hydrogens (primary N) is 1. The predicted octanol–water partition coefficient (Wildman–Crippen LogP) is 1.14. The topological polar surface area (TPSA) is 73.6 Å². The Morgan fingerprint density at radius 3 is 2.89 bits per heavy atom. The van der Waals surface area contributed by atoms with Gasteiger partial charge in [0.1, 0.15) is 6.61 Å². The molecule has 1 aromatic carbocycles. The van der Waals surface area contributed by atoms with E-state index in [4.69, 9.17) is 15.2 Å². The molecule has 0 saturated carbocycles. The molecule has 0 aliphatic carbocycles. The lowest BCUT2D eigenvalue weighted by Gasteiger charge is -2.08. The lowest BCUT2D eigenvalue weighted by Crippen LogP contribution is -2.20. The van der Waals surface area contributed by atoms with Gasteiger partial charge in [0.05, 0.1) is 13.2 Å². The summed E-state index contributed by atoms with van der Waals surface area (Å²) >= 11 is 0. The average Bonchev–Trinajstić information content (AvgIpc) is 2.33. The molecule has 1 rings (SSSR count). The second-order valence-electron chi connectivity index (χ2n) is 3.47. The van der Waals surface area contributed by atoms with Crippen molar-refractivity contribution < 1.29 is 18.7 Å². The van der Waals surface area contributed by atoms with Crippen LogP contribution in [0.25, 0.3) is 0 Å². The Balaban J connectivity index is 2.52. The highest BCUT2D eigenvalue weighted by atomic mass is 19.1. The summed E-state index contributed by atoms with van der Waals surface area (Å²) in [6.45, 7) is 2.71. The van der Waals surface area contributed by atoms with Gasteiger partial charge in [-0.3, -0.25) is 4.79 Å². The molecule has 0 atom stereocenters. The monoisotopic (exact) mass is 256 g/mol. The highest BCUT2D eigenvalue weighted by Crippen LogP contribution is 2.20. The molecule has 1 aromatic rings. The molecule has 0 aliphatic heterocycles. The SMILES string of the molecule is CCOc1ccc(NC(=O)COCCN)cc1F. The number of ether oxygens (including phenoxy) is 2. The van der Waals surface area contributed by atoms with Gasteiger partial charge in [-0.2, -0.15) is 0 Å². The summed E-state index contributed by atoms with van der Waals surface area (Å²) < 4.78 is 23.5. The van der Waals surface area contributed by atoms with Gasteiger partial charge in [0.15, 0.2) is 11.6 Å². The lowest BCUT2D eigenvalue weighted by atomic mass is 10.3. The molecule has 6 heteroatoms. The van der Waals surface area contributed by atoms with Crippen molar-refractivity contribution in [1.29, 1.82) is 0 Å². The smallest absolute Gasteiger partial charge is 0.250 e. The Morgan fingerprint density at radius 1 is 1.50 bits per heavy atom. The number of carbonyl (C=O) groups excluding carboxylic acids is 1. The Labute approximate surface area is 105 Å². The van der Waals surface area contributed by atoms with E-state index in [2.05, 4.69) is 5.32 Å². The molecule has 0 heterocycles. The molecule has 0 bridgehead atoms. The Kier molecular flexibility index (Phi) is 6.10. The highest BCUT2D eigenvalue weighted by Gasteiger charge is 2.07. The fraction of sp³-hybridized carbons (Fsp3) is 0.417. The van der Waals surface area contributed by atoms with E-state index < -0.39 is 5.82 Å². The van der Waals surface area contributed by atoms with Crippen molar-refractivity contribution >= 4 is 11.6 Å². The van der Waals surface area contributed by atoms with Crippen LogP contribution >= 0.6 is 0 Å². The zero-order chi connectivity index (χ0) is 13.4. The van der Waals surface area contributed by atoms with Crippen molar-refractivity contribution in [1.82, 2.24) is 0 Å². The maximum absolute atomic E-state index is 13.5. The van der Waals surface area contributed by atoms with E-state index in [1.807, 2.05) is 0 Å². The first-order chi connectivity index (χ1) is 8.67. The van der Waals surface area contributed by atoms with E-state index in [1.54, 1.807) is 13.0 Å². The number of carbonyl (C=O) groups is 1. The number of hydrogen-bond donors (Lipinski definition) is 2. The van der Waals surface area contributed by atoms with Gasteiger partial charge in [0.25, 0.3) is 0 Å². The second-order valence-corrected chi connectivity index (χ2v) is 3.47. The quantitative estimate of drug-likeness (QED) is 0.717. The summed E-state index contributed by atoms with van der Waals surface area (Å²) in [6.07, 6.45) is 0. The van der Waals surface area contributed by atoms with E-state index in [0.717, 1.165) is 0 Å². The minimum atomic E-state index is -0.516. The summed E-state index contributed by atoms with van der Waals surface area (Å²) in [6, 6.07) is 4.23. The molecule has 0 fully saturated rings. The van der Waals surface area contributed by atoms with E-state index in [9.17, 15) is 9.18 Å². The summed E-state index contributed by atoms with van der Waals surface area (Å²) in [5.74, 6) is -0.709. The molecule has 0 unspecified atom stereocenters. The third kappa shape index (κ3) is 4.68.